The second kappa shape index (κ2) is 9.29. The van der Waals surface area contributed by atoms with Crippen LogP contribution < -0.4 is 10.3 Å². The Kier molecular flexibility index (Phi) is 6.56. The van der Waals surface area contributed by atoms with Crippen molar-refractivity contribution in [3.8, 4) is 11.8 Å². The van der Waals surface area contributed by atoms with Crippen LogP contribution in [0, 0.1) is 11.3 Å². The molecule has 0 aliphatic carbocycles. The van der Waals surface area contributed by atoms with Gasteiger partial charge in [0.05, 0.1) is 17.1 Å². The summed E-state index contributed by atoms with van der Waals surface area (Å²) in [5.41, 5.74) is 1.12. The number of aryl methyl sites for hydroxylation is 1. The van der Waals surface area contributed by atoms with E-state index in [4.69, 9.17) is 10.00 Å². The molecule has 1 aromatic heterocycles. The average Bonchev–Trinajstić information content (AvgIpc) is 2.71. The summed E-state index contributed by atoms with van der Waals surface area (Å²) in [6.07, 6.45) is 4.12. The molecule has 142 valence electrons. The van der Waals surface area contributed by atoms with Crippen molar-refractivity contribution in [2.75, 3.05) is 6.61 Å². The molecule has 0 fully saturated rings. The van der Waals surface area contributed by atoms with Gasteiger partial charge in [-0.3, -0.25) is 4.79 Å². The zero-order valence-corrected chi connectivity index (χ0v) is 17.0. The highest BCUT2D eigenvalue weighted by molar-refractivity contribution is 9.10. The third kappa shape index (κ3) is 4.46. The molecule has 0 unspecified atom stereocenters. The number of nitrogens with zero attached hydrogens (tertiary/aromatic N) is 4. The molecule has 0 aliphatic heterocycles. The van der Waals surface area contributed by atoms with Crippen LogP contribution in [0.5, 0.6) is 5.75 Å². The minimum Gasteiger partial charge on any atom is -0.478 e. The van der Waals surface area contributed by atoms with E-state index in [2.05, 4.69) is 32.9 Å². The van der Waals surface area contributed by atoms with Gasteiger partial charge >= 0.3 is 0 Å². The average molecular weight is 439 g/mol. The van der Waals surface area contributed by atoms with Crippen LogP contribution in [-0.2, 0) is 6.42 Å². The zero-order chi connectivity index (χ0) is 19.9. The lowest BCUT2D eigenvalue weighted by molar-refractivity contribution is 0.367. The van der Waals surface area contributed by atoms with Gasteiger partial charge in [0, 0.05) is 16.5 Å². The van der Waals surface area contributed by atoms with E-state index in [1.165, 1.54) is 4.68 Å². The summed E-state index contributed by atoms with van der Waals surface area (Å²) in [5, 5.41) is 13.7. The molecule has 0 N–H and O–H groups in total. The first-order valence-corrected chi connectivity index (χ1v) is 9.77. The minimum atomic E-state index is -0.218. The van der Waals surface area contributed by atoms with Gasteiger partial charge in [-0.1, -0.05) is 41.4 Å². The number of rotatable bonds is 7. The van der Waals surface area contributed by atoms with E-state index in [-0.39, 0.29) is 12.2 Å². The Hall–Kier alpha value is -2.98. The largest absolute Gasteiger partial charge is 0.478 e. The second-order valence-electron chi connectivity index (χ2n) is 6.14. The van der Waals surface area contributed by atoms with Gasteiger partial charge in [0.15, 0.2) is 6.61 Å². The summed E-state index contributed by atoms with van der Waals surface area (Å²) >= 11 is 3.40. The van der Waals surface area contributed by atoms with Crippen molar-refractivity contribution in [2.24, 2.45) is 5.10 Å². The summed E-state index contributed by atoms with van der Waals surface area (Å²) in [4.78, 5) is 17.7. The monoisotopic (exact) mass is 438 g/mol. The zero-order valence-electron chi connectivity index (χ0n) is 15.4. The predicted octanol–water partition coefficient (Wildman–Crippen LogP) is 4.29. The van der Waals surface area contributed by atoms with Gasteiger partial charge in [-0.15, -0.1) is 0 Å². The molecule has 1 heterocycles. The third-order valence-electron chi connectivity index (χ3n) is 4.15. The molecule has 0 atom stereocenters. The van der Waals surface area contributed by atoms with Crippen molar-refractivity contribution in [1.82, 2.24) is 9.66 Å². The quantitative estimate of drug-likeness (QED) is 0.515. The molecule has 28 heavy (non-hydrogen) atoms. The van der Waals surface area contributed by atoms with E-state index in [1.54, 1.807) is 18.3 Å². The van der Waals surface area contributed by atoms with Gasteiger partial charge in [-0.05, 0) is 36.8 Å². The van der Waals surface area contributed by atoms with Gasteiger partial charge in [-0.2, -0.15) is 15.0 Å². The van der Waals surface area contributed by atoms with E-state index in [1.807, 2.05) is 36.4 Å². The SMILES string of the molecule is CCCCc1nc2ccc(Br)cc2c(=O)n1N=Cc1ccccc1OCC#N. The van der Waals surface area contributed by atoms with Crippen LogP contribution in [0.4, 0.5) is 0 Å². The maximum absolute atomic E-state index is 13.1. The number of fused-ring (bicyclic) bond motifs is 1. The molecule has 7 heteroatoms. The van der Waals surface area contributed by atoms with Crippen LogP contribution in [0.2, 0.25) is 0 Å². The number of halogens is 1. The number of hydrogen-bond donors (Lipinski definition) is 0. The Morgan fingerprint density at radius 2 is 2.14 bits per heavy atom. The Balaban J connectivity index is 2.09. The summed E-state index contributed by atoms with van der Waals surface area (Å²) in [7, 11) is 0. The Morgan fingerprint density at radius 3 is 2.93 bits per heavy atom. The standard InChI is InChI=1S/C21H19BrN4O2/c1-2-3-8-20-25-18-10-9-16(22)13-17(18)21(27)26(20)24-14-15-6-4-5-7-19(15)28-12-11-23/h4-7,9-10,13-14H,2-3,8,12H2,1H3. The first kappa shape index (κ1) is 19.8. The Bertz CT molecular complexity index is 1120. The number of unbranched alkanes of at least 4 members (excludes halogenated alkanes) is 1. The smallest absolute Gasteiger partial charge is 0.282 e. The predicted molar refractivity (Wildman–Crippen MR) is 113 cm³/mol. The van der Waals surface area contributed by atoms with Gasteiger partial charge in [0.1, 0.15) is 17.6 Å². The first-order chi connectivity index (χ1) is 13.6. The van der Waals surface area contributed by atoms with Gasteiger partial charge in [-0.25, -0.2) is 4.98 Å². The van der Waals surface area contributed by atoms with Crippen LogP contribution in [0.15, 0.2) is 56.8 Å². The molecule has 2 aromatic carbocycles. The normalized spacial score (nSPS) is 11.0. The molecule has 3 rings (SSSR count). The summed E-state index contributed by atoms with van der Waals surface area (Å²) < 4.78 is 7.59. The maximum atomic E-state index is 13.1. The third-order valence-corrected chi connectivity index (χ3v) is 4.65. The summed E-state index contributed by atoms with van der Waals surface area (Å²) in [5.74, 6) is 1.15. The van der Waals surface area contributed by atoms with Crippen LogP contribution in [0.3, 0.4) is 0 Å². The van der Waals surface area contributed by atoms with Crippen molar-refractivity contribution in [3.05, 3.63) is 68.7 Å². The van der Waals surface area contributed by atoms with Crippen LogP contribution in [0.25, 0.3) is 10.9 Å². The fraction of sp³-hybridized carbons (Fsp3) is 0.238. The highest BCUT2D eigenvalue weighted by Gasteiger charge is 2.11. The second-order valence-corrected chi connectivity index (χ2v) is 7.05. The highest BCUT2D eigenvalue weighted by Crippen LogP contribution is 2.18. The van der Waals surface area contributed by atoms with E-state index < -0.39 is 0 Å². The fourth-order valence-electron chi connectivity index (χ4n) is 2.76. The van der Waals surface area contributed by atoms with Crippen molar-refractivity contribution in [3.63, 3.8) is 0 Å². The number of hydrogen-bond acceptors (Lipinski definition) is 5. The molecule has 0 radical (unpaired) electrons. The first-order valence-electron chi connectivity index (χ1n) is 8.98. The lowest BCUT2D eigenvalue weighted by Gasteiger charge is -2.10. The van der Waals surface area contributed by atoms with E-state index in [0.717, 1.165) is 17.3 Å². The Labute approximate surface area is 171 Å². The highest BCUT2D eigenvalue weighted by atomic mass is 79.9. The number of aromatic nitrogens is 2. The maximum Gasteiger partial charge on any atom is 0.282 e. The summed E-state index contributed by atoms with van der Waals surface area (Å²) in [6.45, 7) is 2.03. The van der Waals surface area contributed by atoms with Crippen molar-refractivity contribution >= 4 is 33.0 Å². The topological polar surface area (TPSA) is 80.3 Å². The van der Waals surface area contributed by atoms with Gasteiger partial charge in [0.25, 0.3) is 5.56 Å². The van der Waals surface area contributed by atoms with E-state index in [9.17, 15) is 4.79 Å². The lowest BCUT2D eigenvalue weighted by atomic mass is 10.2. The van der Waals surface area contributed by atoms with Crippen LogP contribution in [0.1, 0.15) is 31.2 Å². The molecule has 0 amide bonds. The van der Waals surface area contributed by atoms with Gasteiger partial charge < -0.3 is 4.74 Å². The molecule has 6 nitrogen and oxygen atoms in total. The van der Waals surface area contributed by atoms with Crippen molar-refractivity contribution in [2.45, 2.75) is 26.2 Å². The molecule has 0 aliphatic rings. The van der Waals surface area contributed by atoms with E-state index >= 15 is 0 Å². The van der Waals surface area contributed by atoms with Crippen LogP contribution in [-0.4, -0.2) is 22.5 Å². The molecular formula is C21H19BrN4O2. The Morgan fingerprint density at radius 1 is 1.32 bits per heavy atom. The minimum absolute atomic E-state index is 0.0574. The number of nitriles is 1. The molecule has 0 saturated carbocycles. The van der Waals surface area contributed by atoms with Crippen molar-refractivity contribution in [1.29, 1.82) is 5.26 Å². The molecular weight excluding hydrogens is 420 g/mol. The summed E-state index contributed by atoms with van der Waals surface area (Å²) in [6, 6.07) is 14.6. The number of para-hydroxylation sites is 1. The van der Waals surface area contributed by atoms with Gasteiger partial charge in [0.2, 0.25) is 0 Å². The molecule has 3 aromatic rings. The number of benzene rings is 2. The molecule has 0 spiro atoms. The molecule has 0 bridgehead atoms. The molecule has 0 saturated heterocycles. The lowest BCUT2D eigenvalue weighted by Crippen LogP contribution is -2.22. The van der Waals surface area contributed by atoms with Crippen LogP contribution >= 0.6 is 15.9 Å². The fourth-order valence-corrected chi connectivity index (χ4v) is 3.12. The number of ether oxygens (including phenoxy) is 1. The van der Waals surface area contributed by atoms with E-state index in [0.29, 0.717) is 34.5 Å². The van der Waals surface area contributed by atoms with Crippen molar-refractivity contribution < 1.29 is 4.74 Å².